The van der Waals surface area contributed by atoms with Gasteiger partial charge in [0.1, 0.15) is 11.7 Å². The summed E-state index contributed by atoms with van der Waals surface area (Å²) in [6.45, 7) is 1.70. The van der Waals surface area contributed by atoms with Gasteiger partial charge in [0.2, 0.25) is 0 Å². The number of furan rings is 1. The molecule has 0 aliphatic heterocycles. The Labute approximate surface area is 110 Å². The molecule has 2 rings (SSSR count). The second-order valence-corrected chi connectivity index (χ2v) is 4.30. The molecule has 18 heavy (non-hydrogen) atoms. The summed E-state index contributed by atoms with van der Waals surface area (Å²) < 4.78 is 5.08. The zero-order valence-corrected chi connectivity index (χ0v) is 10.4. The van der Waals surface area contributed by atoms with Gasteiger partial charge in [-0.1, -0.05) is 23.7 Å². The number of carbonyl (C=O) groups is 1. The maximum atomic E-state index is 12.2. The highest BCUT2D eigenvalue weighted by Gasteiger charge is 2.24. The molecule has 0 bridgehead atoms. The zero-order valence-electron chi connectivity index (χ0n) is 9.68. The highest BCUT2D eigenvalue weighted by Crippen LogP contribution is 2.24. The lowest BCUT2D eigenvalue weighted by Gasteiger charge is -2.07. The van der Waals surface area contributed by atoms with Gasteiger partial charge in [0.25, 0.3) is 0 Å². The zero-order chi connectivity index (χ0) is 13.1. The highest BCUT2D eigenvalue weighted by molar-refractivity contribution is 6.30. The number of Topliss-reactive ketones (excluding diaryl/α,β-unsaturated/α-hetero) is 1. The van der Waals surface area contributed by atoms with Gasteiger partial charge in [0.05, 0.1) is 17.9 Å². The largest absolute Gasteiger partial charge is 0.469 e. The summed E-state index contributed by atoms with van der Waals surface area (Å²) >= 11 is 5.78. The summed E-state index contributed by atoms with van der Waals surface area (Å²) in [4.78, 5) is 12.2. The summed E-state index contributed by atoms with van der Waals surface area (Å²) in [5.41, 5.74) is 1.07. The Morgan fingerprint density at radius 2 is 2.00 bits per heavy atom. The summed E-state index contributed by atoms with van der Waals surface area (Å²) in [5.74, 6) is -0.571. The number of hydrogen-bond acceptors (Lipinski definition) is 3. The predicted octanol–water partition coefficient (Wildman–Crippen LogP) is 3.73. The number of hydrogen-bond donors (Lipinski definition) is 0. The van der Waals surface area contributed by atoms with Gasteiger partial charge in [0, 0.05) is 5.02 Å². The van der Waals surface area contributed by atoms with Crippen molar-refractivity contribution in [3.8, 4) is 6.07 Å². The van der Waals surface area contributed by atoms with Crippen LogP contribution in [-0.4, -0.2) is 5.78 Å². The van der Waals surface area contributed by atoms with Crippen LogP contribution in [0.4, 0.5) is 0 Å². The van der Waals surface area contributed by atoms with Crippen LogP contribution in [0, 0.1) is 18.3 Å². The number of carbonyl (C=O) groups excluding carboxylic acids is 1. The second kappa shape index (κ2) is 5.07. The van der Waals surface area contributed by atoms with Gasteiger partial charge in [-0.25, -0.2) is 0 Å². The molecule has 1 aromatic heterocycles. The van der Waals surface area contributed by atoms with E-state index in [4.69, 9.17) is 16.0 Å². The van der Waals surface area contributed by atoms with Crippen LogP contribution >= 0.6 is 11.6 Å². The van der Waals surface area contributed by atoms with E-state index in [-0.39, 0.29) is 5.78 Å². The summed E-state index contributed by atoms with van der Waals surface area (Å²) in [5, 5.41) is 9.75. The van der Waals surface area contributed by atoms with E-state index in [9.17, 15) is 10.1 Å². The molecule has 0 fully saturated rings. The van der Waals surface area contributed by atoms with Crippen LogP contribution in [0.5, 0.6) is 0 Å². The fourth-order valence-electron chi connectivity index (χ4n) is 1.74. The van der Waals surface area contributed by atoms with Crippen molar-refractivity contribution >= 4 is 17.4 Å². The SMILES string of the molecule is Cc1occc1C(=O)C(C#N)c1ccc(Cl)cc1. The first kappa shape index (κ1) is 12.4. The fraction of sp³-hybridized carbons (Fsp3) is 0.143. The molecule has 0 radical (unpaired) electrons. The number of ketones is 1. The fourth-order valence-corrected chi connectivity index (χ4v) is 1.86. The van der Waals surface area contributed by atoms with E-state index in [0.717, 1.165) is 0 Å². The lowest BCUT2D eigenvalue weighted by Crippen LogP contribution is -2.11. The number of rotatable bonds is 3. The number of halogens is 1. The Balaban J connectivity index is 2.36. The molecule has 3 nitrogen and oxygen atoms in total. The van der Waals surface area contributed by atoms with Crippen molar-refractivity contribution in [3.63, 3.8) is 0 Å². The predicted molar refractivity (Wildman–Crippen MR) is 67.6 cm³/mol. The molecule has 0 amide bonds. The molecule has 1 unspecified atom stereocenters. The van der Waals surface area contributed by atoms with Gasteiger partial charge in [-0.2, -0.15) is 5.26 Å². The molecule has 1 atom stereocenters. The molecule has 1 aromatic carbocycles. The minimum absolute atomic E-state index is 0.258. The molecule has 0 N–H and O–H groups in total. The molecule has 2 aromatic rings. The summed E-state index contributed by atoms with van der Waals surface area (Å²) in [6, 6.07) is 10.3. The number of benzene rings is 1. The molecular weight excluding hydrogens is 250 g/mol. The Bertz CT molecular complexity index is 607. The van der Waals surface area contributed by atoms with Crippen LogP contribution in [0.2, 0.25) is 5.02 Å². The molecule has 0 aliphatic carbocycles. The Morgan fingerprint density at radius 1 is 1.33 bits per heavy atom. The van der Waals surface area contributed by atoms with E-state index < -0.39 is 5.92 Å². The minimum Gasteiger partial charge on any atom is -0.469 e. The average molecular weight is 260 g/mol. The molecule has 90 valence electrons. The van der Waals surface area contributed by atoms with Crippen molar-refractivity contribution in [2.24, 2.45) is 0 Å². The third kappa shape index (κ3) is 2.29. The topological polar surface area (TPSA) is 54.0 Å². The van der Waals surface area contributed by atoms with Crippen LogP contribution in [0.25, 0.3) is 0 Å². The van der Waals surface area contributed by atoms with Crippen molar-refractivity contribution < 1.29 is 9.21 Å². The number of nitriles is 1. The van der Waals surface area contributed by atoms with E-state index in [1.54, 1.807) is 37.3 Å². The van der Waals surface area contributed by atoms with E-state index in [1.165, 1.54) is 6.26 Å². The maximum absolute atomic E-state index is 12.2. The van der Waals surface area contributed by atoms with Gasteiger partial charge in [0.15, 0.2) is 5.78 Å². The van der Waals surface area contributed by atoms with Crippen LogP contribution in [0.15, 0.2) is 41.0 Å². The Hall–Kier alpha value is -2.05. The number of nitrogens with zero attached hydrogens (tertiary/aromatic N) is 1. The molecule has 4 heteroatoms. The molecule has 0 saturated heterocycles. The third-order valence-corrected chi connectivity index (χ3v) is 2.97. The highest BCUT2D eigenvalue weighted by atomic mass is 35.5. The Morgan fingerprint density at radius 3 is 2.50 bits per heavy atom. The van der Waals surface area contributed by atoms with Crippen molar-refractivity contribution in [2.75, 3.05) is 0 Å². The molecular formula is C14H10ClNO2. The first-order chi connectivity index (χ1) is 8.63. The van der Waals surface area contributed by atoms with Gasteiger partial charge in [-0.3, -0.25) is 4.79 Å². The van der Waals surface area contributed by atoms with Gasteiger partial charge >= 0.3 is 0 Å². The average Bonchev–Trinajstić information content (AvgIpc) is 2.78. The van der Waals surface area contributed by atoms with Crippen LogP contribution in [-0.2, 0) is 0 Å². The standard InChI is InChI=1S/C14H10ClNO2/c1-9-12(6-7-18-9)14(17)13(8-16)10-2-4-11(15)5-3-10/h2-7,13H,1H3. The molecule has 0 spiro atoms. The first-order valence-electron chi connectivity index (χ1n) is 5.37. The smallest absolute Gasteiger partial charge is 0.187 e. The van der Waals surface area contributed by atoms with Gasteiger partial charge in [-0.15, -0.1) is 0 Å². The van der Waals surface area contributed by atoms with Crippen molar-refractivity contribution in [2.45, 2.75) is 12.8 Å². The molecule has 0 aliphatic rings. The van der Waals surface area contributed by atoms with Crippen LogP contribution in [0.1, 0.15) is 27.6 Å². The van der Waals surface area contributed by atoms with Crippen molar-refractivity contribution in [3.05, 3.63) is 58.5 Å². The lowest BCUT2D eigenvalue weighted by atomic mass is 9.92. The van der Waals surface area contributed by atoms with Crippen molar-refractivity contribution in [1.29, 1.82) is 5.26 Å². The lowest BCUT2D eigenvalue weighted by molar-refractivity contribution is 0.0977. The monoisotopic (exact) mass is 259 g/mol. The first-order valence-corrected chi connectivity index (χ1v) is 5.74. The molecule has 0 saturated carbocycles. The Kier molecular flexibility index (Phi) is 3.50. The summed E-state index contributed by atoms with van der Waals surface area (Å²) in [7, 11) is 0. The van der Waals surface area contributed by atoms with Gasteiger partial charge in [-0.05, 0) is 30.7 Å². The van der Waals surface area contributed by atoms with Crippen LogP contribution in [0.3, 0.4) is 0 Å². The normalized spacial score (nSPS) is 11.8. The van der Waals surface area contributed by atoms with E-state index in [2.05, 4.69) is 0 Å². The maximum Gasteiger partial charge on any atom is 0.187 e. The van der Waals surface area contributed by atoms with E-state index >= 15 is 0 Å². The minimum atomic E-state index is -0.835. The van der Waals surface area contributed by atoms with E-state index in [0.29, 0.717) is 21.9 Å². The van der Waals surface area contributed by atoms with Crippen molar-refractivity contribution in [1.82, 2.24) is 0 Å². The number of aryl methyl sites for hydroxylation is 1. The summed E-state index contributed by atoms with van der Waals surface area (Å²) in [6.07, 6.45) is 1.44. The van der Waals surface area contributed by atoms with Gasteiger partial charge < -0.3 is 4.42 Å². The second-order valence-electron chi connectivity index (χ2n) is 3.87. The van der Waals surface area contributed by atoms with E-state index in [1.807, 2.05) is 6.07 Å². The third-order valence-electron chi connectivity index (χ3n) is 2.72. The molecule has 1 heterocycles. The quantitative estimate of drug-likeness (QED) is 0.789. The van der Waals surface area contributed by atoms with Crippen LogP contribution < -0.4 is 0 Å².